The van der Waals surface area contributed by atoms with Crippen LogP contribution in [0, 0.1) is 5.92 Å². The van der Waals surface area contributed by atoms with Crippen molar-refractivity contribution in [1.29, 1.82) is 0 Å². The molecule has 2 unspecified atom stereocenters. The maximum absolute atomic E-state index is 13.3. The van der Waals surface area contributed by atoms with E-state index in [4.69, 9.17) is 23.2 Å². The molecule has 34 heavy (non-hydrogen) atoms. The van der Waals surface area contributed by atoms with E-state index in [2.05, 4.69) is 65.6 Å². The summed E-state index contributed by atoms with van der Waals surface area (Å²) in [4.78, 5) is 17.9. The Labute approximate surface area is 212 Å². The third-order valence-electron chi connectivity index (χ3n) is 7.47. The van der Waals surface area contributed by atoms with Crippen LogP contribution >= 0.6 is 23.2 Å². The summed E-state index contributed by atoms with van der Waals surface area (Å²) >= 11 is 12.3. The summed E-state index contributed by atoms with van der Waals surface area (Å²) in [5.41, 5.74) is 3.38. The van der Waals surface area contributed by atoms with E-state index >= 15 is 0 Å². The molecule has 2 fully saturated rings. The first-order valence-electron chi connectivity index (χ1n) is 12.1. The van der Waals surface area contributed by atoms with Gasteiger partial charge in [-0.15, -0.1) is 0 Å². The largest absolute Gasteiger partial charge is 0.338 e. The standard InChI is InChI=1S/C29H30Cl2N2O/c30-27-12-11-24(17-28(27)31)29(34)33-19-25(26(20-33)23-9-5-2-6-10-23)18-32-15-13-22(14-16-32)21-7-3-1-4-8-21/h1-12,17,22,25-26H,13-16,18-20H2. The second-order valence-electron chi connectivity index (χ2n) is 9.60. The maximum Gasteiger partial charge on any atom is 0.253 e. The molecular weight excluding hydrogens is 463 g/mol. The van der Waals surface area contributed by atoms with Crippen LogP contribution in [0.3, 0.4) is 0 Å². The molecule has 2 atom stereocenters. The highest BCUT2D eigenvalue weighted by atomic mass is 35.5. The summed E-state index contributed by atoms with van der Waals surface area (Å²) in [6.07, 6.45) is 2.39. The molecule has 2 aliphatic rings. The van der Waals surface area contributed by atoms with Crippen LogP contribution in [0.25, 0.3) is 0 Å². The number of piperidine rings is 1. The molecule has 0 spiro atoms. The van der Waals surface area contributed by atoms with Crippen LogP contribution in [0.5, 0.6) is 0 Å². The summed E-state index contributed by atoms with van der Waals surface area (Å²) in [7, 11) is 0. The fraction of sp³-hybridized carbons (Fsp3) is 0.345. The first-order valence-corrected chi connectivity index (χ1v) is 12.9. The quantitative estimate of drug-likeness (QED) is 0.394. The van der Waals surface area contributed by atoms with E-state index in [0.717, 1.165) is 32.7 Å². The molecule has 0 saturated carbocycles. The Hall–Kier alpha value is -2.33. The van der Waals surface area contributed by atoms with Gasteiger partial charge in [0, 0.05) is 31.1 Å². The number of carbonyl (C=O) groups excluding carboxylic acids is 1. The highest BCUT2D eigenvalue weighted by molar-refractivity contribution is 6.42. The summed E-state index contributed by atoms with van der Waals surface area (Å²) in [5, 5.41) is 0.891. The predicted molar refractivity (Wildman–Crippen MR) is 140 cm³/mol. The highest BCUT2D eigenvalue weighted by Gasteiger charge is 2.38. The minimum absolute atomic E-state index is 0.0322. The zero-order valence-corrected chi connectivity index (χ0v) is 20.8. The van der Waals surface area contributed by atoms with Gasteiger partial charge in [0.2, 0.25) is 0 Å². The summed E-state index contributed by atoms with van der Waals surface area (Å²) in [5.74, 6) is 1.42. The minimum atomic E-state index is 0.0322. The molecule has 0 aliphatic carbocycles. The molecule has 1 amide bonds. The van der Waals surface area contributed by atoms with E-state index < -0.39 is 0 Å². The molecule has 3 nitrogen and oxygen atoms in total. The number of nitrogens with zero attached hydrogens (tertiary/aromatic N) is 2. The fourth-order valence-electron chi connectivity index (χ4n) is 5.62. The number of hydrogen-bond donors (Lipinski definition) is 0. The lowest BCUT2D eigenvalue weighted by atomic mass is 9.86. The van der Waals surface area contributed by atoms with Gasteiger partial charge in [0.05, 0.1) is 10.0 Å². The maximum atomic E-state index is 13.3. The SMILES string of the molecule is O=C(c1ccc(Cl)c(Cl)c1)N1CC(CN2CCC(c3ccccc3)CC2)C(c2ccccc2)C1. The number of likely N-dealkylation sites (tertiary alicyclic amines) is 2. The molecule has 0 bridgehead atoms. The number of amides is 1. The Kier molecular flexibility index (Phi) is 7.24. The monoisotopic (exact) mass is 492 g/mol. The number of hydrogen-bond acceptors (Lipinski definition) is 2. The third-order valence-corrected chi connectivity index (χ3v) is 8.21. The summed E-state index contributed by atoms with van der Waals surface area (Å²) < 4.78 is 0. The van der Waals surface area contributed by atoms with Gasteiger partial charge in [-0.25, -0.2) is 0 Å². The number of halogens is 2. The fourth-order valence-corrected chi connectivity index (χ4v) is 5.92. The predicted octanol–water partition coefficient (Wildman–Crippen LogP) is 6.73. The Balaban J connectivity index is 1.28. The number of rotatable bonds is 5. The lowest BCUT2D eigenvalue weighted by Gasteiger charge is -2.34. The van der Waals surface area contributed by atoms with Crippen LogP contribution in [0.15, 0.2) is 78.9 Å². The van der Waals surface area contributed by atoms with E-state index in [1.165, 1.54) is 24.0 Å². The Bertz CT molecular complexity index is 1110. The Morgan fingerprint density at radius 2 is 1.44 bits per heavy atom. The van der Waals surface area contributed by atoms with Gasteiger partial charge in [0.15, 0.2) is 0 Å². The van der Waals surface area contributed by atoms with Gasteiger partial charge in [-0.3, -0.25) is 4.79 Å². The smallest absolute Gasteiger partial charge is 0.253 e. The van der Waals surface area contributed by atoms with E-state index in [9.17, 15) is 4.79 Å². The average Bonchev–Trinajstić information content (AvgIpc) is 3.30. The van der Waals surface area contributed by atoms with Gasteiger partial charge in [-0.2, -0.15) is 0 Å². The zero-order valence-electron chi connectivity index (χ0n) is 19.2. The minimum Gasteiger partial charge on any atom is -0.338 e. The van der Waals surface area contributed by atoms with Gasteiger partial charge < -0.3 is 9.80 Å². The van der Waals surface area contributed by atoms with E-state index in [-0.39, 0.29) is 5.91 Å². The van der Waals surface area contributed by atoms with Crippen LogP contribution in [0.1, 0.15) is 46.2 Å². The molecular formula is C29H30Cl2N2O. The van der Waals surface area contributed by atoms with Crippen molar-refractivity contribution >= 4 is 29.1 Å². The topological polar surface area (TPSA) is 23.6 Å². The van der Waals surface area contributed by atoms with Crippen LogP contribution in [-0.2, 0) is 0 Å². The van der Waals surface area contributed by atoms with Gasteiger partial charge in [-0.1, -0.05) is 83.9 Å². The van der Waals surface area contributed by atoms with Crippen LogP contribution in [-0.4, -0.2) is 48.4 Å². The van der Waals surface area contributed by atoms with Gasteiger partial charge >= 0.3 is 0 Å². The Morgan fingerprint density at radius 3 is 2.09 bits per heavy atom. The third kappa shape index (κ3) is 5.17. The molecule has 0 radical (unpaired) electrons. The van der Waals surface area contributed by atoms with Crippen LogP contribution in [0.4, 0.5) is 0 Å². The normalized spacial score (nSPS) is 21.6. The van der Waals surface area contributed by atoms with Crippen LogP contribution < -0.4 is 0 Å². The lowest BCUT2D eigenvalue weighted by molar-refractivity contribution is 0.0781. The molecule has 2 aliphatic heterocycles. The van der Waals surface area contributed by atoms with Crippen molar-refractivity contribution in [1.82, 2.24) is 9.80 Å². The van der Waals surface area contributed by atoms with Crippen molar-refractivity contribution < 1.29 is 4.79 Å². The Morgan fingerprint density at radius 1 is 0.794 bits per heavy atom. The van der Waals surface area contributed by atoms with Gasteiger partial charge in [0.1, 0.15) is 0 Å². The van der Waals surface area contributed by atoms with Crippen molar-refractivity contribution in [2.75, 3.05) is 32.7 Å². The highest BCUT2D eigenvalue weighted by Crippen LogP contribution is 2.36. The van der Waals surface area contributed by atoms with Crippen molar-refractivity contribution in [3.05, 3.63) is 106 Å². The molecule has 5 heteroatoms. The molecule has 5 rings (SSSR count). The van der Waals surface area contributed by atoms with E-state index in [1.54, 1.807) is 18.2 Å². The molecule has 2 saturated heterocycles. The van der Waals surface area contributed by atoms with Crippen molar-refractivity contribution in [3.8, 4) is 0 Å². The molecule has 3 aromatic rings. The van der Waals surface area contributed by atoms with E-state index in [0.29, 0.717) is 33.4 Å². The van der Waals surface area contributed by atoms with Gasteiger partial charge in [0.25, 0.3) is 5.91 Å². The molecule has 176 valence electrons. The second-order valence-corrected chi connectivity index (χ2v) is 10.4. The van der Waals surface area contributed by atoms with Gasteiger partial charge in [-0.05, 0) is 67.1 Å². The zero-order chi connectivity index (χ0) is 23.5. The molecule has 3 aromatic carbocycles. The molecule has 0 aromatic heterocycles. The summed E-state index contributed by atoms with van der Waals surface area (Å²) in [6.45, 7) is 4.73. The van der Waals surface area contributed by atoms with E-state index in [1.807, 2.05) is 4.90 Å². The number of benzene rings is 3. The van der Waals surface area contributed by atoms with Crippen LogP contribution in [0.2, 0.25) is 10.0 Å². The number of carbonyl (C=O) groups is 1. The second kappa shape index (κ2) is 10.5. The first kappa shape index (κ1) is 23.4. The molecule has 2 heterocycles. The molecule has 0 N–H and O–H groups in total. The first-order chi connectivity index (χ1) is 16.6. The van der Waals surface area contributed by atoms with Crippen molar-refractivity contribution in [2.24, 2.45) is 5.92 Å². The van der Waals surface area contributed by atoms with Crippen molar-refractivity contribution in [3.63, 3.8) is 0 Å². The summed E-state index contributed by atoms with van der Waals surface area (Å²) in [6, 6.07) is 26.7. The van der Waals surface area contributed by atoms with Crippen molar-refractivity contribution in [2.45, 2.75) is 24.7 Å². The average molecular weight is 493 g/mol. The lowest BCUT2D eigenvalue weighted by Crippen LogP contribution is -2.38.